The molecule has 2 saturated carbocycles. The Kier molecular flexibility index (Phi) is 8.55. The Morgan fingerprint density at radius 3 is 2.05 bits per heavy atom. The molecule has 1 aliphatic heterocycles. The standard InChI is InChI=1S/C33H43ClN4O/c34-27-17-15-25(16-18-27)23-37-31-14-8-7-13-30(31)35-32(37)24-36-21-19-26(20-22-36)33(39)38(28-9-3-1-4-10-28)29-11-5-2-6-12-29/h7-8,13-18,26,28-29H,1-6,9-12,19-24H2. The lowest BCUT2D eigenvalue weighted by molar-refractivity contribution is -0.144. The molecule has 0 bridgehead atoms. The molecular weight excluding hydrogens is 504 g/mol. The molecule has 1 aromatic heterocycles. The van der Waals surface area contributed by atoms with Crippen LogP contribution in [0, 0.1) is 5.92 Å². The summed E-state index contributed by atoms with van der Waals surface area (Å²) in [5.41, 5.74) is 3.43. The molecule has 0 atom stereocenters. The zero-order valence-electron chi connectivity index (χ0n) is 23.2. The van der Waals surface area contributed by atoms with Gasteiger partial charge in [-0.15, -0.1) is 0 Å². The molecule has 1 saturated heterocycles. The number of para-hydroxylation sites is 2. The predicted octanol–water partition coefficient (Wildman–Crippen LogP) is 7.44. The first-order chi connectivity index (χ1) is 19.2. The number of likely N-dealkylation sites (tertiary alicyclic amines) is 1. The van der Waals surface area contributed by atoms with Gasteiger partial charge < -0.3 is 9.47 Å². The smallest absolute Gasteiger partial charge is 0.226 e. The van der Waals surface area contributed by atoms with Crippen LogP contribution in [0.5, 0.6) is 0 Å². The van der Waals surface area contributed by atoms with Crippen LogP contribution in [0.4, 0.5) is 0 Å². The van der Waals surface area contributed by atoms with E-state index in [1.54, 1.807) is 0 Å². The van der Waals surface area contributed by atoms with Crippen LogP contribution >= 0.6 is 11.6 Å². The number of fused-ring (bicyclic) bond motifs is 1. The summed E-state index contributed by atoms with van der Waals surface area (Å²) in [6.07, 6.45) is 14.6. The van der Waals surface area contributed by atoms with Crippen LogP contribution in [-0.2, 0) is 17.9 Å². The molecular formula is C33H43ClN4O. The summed E-state index contributed by atoms with van der Waals surface area (Å²) in [6.45, 7) is 3.52. The lowest BCUT2D eigenvalue weighted by Gasteiger charge is -2.44. The van der Waals surface area contributed by atoms with E-state index in [1.807, 2.05) is 12.1 Å². The van der Waals surface area contributed by atoms with E-state index in [4.69, 9.17) is 16.6 Å². The Hall–Kier alpha value is -2.37. The molecule has 3 aromatic rings. The Morgan fingerprint density at radius 2 is 1.41 bits per heavy atom. The summed E-state index contributed by atoms with van der Waals surface area (Å²) >= 11 is 6.14. The number of carbonyl (C=O) groups is 1. The third kappa shape index (κ3) is 6.20. The minimum atomic E-state index is 0.179. The van der Waals surface area contributed by atoms with E-state index < -0.39 is 0 Å². The number of aromatic nitrogens is 2. The second-order valence-corrected chi connectivity index (χ2v) is 12.5. The van der Waals surface area contributed by atoms with E-state index >= 15 is 0 Å². The van der Waals surface area contributed by atoms with Crippen molar-refractivity contribution >= 4 is 28.5 Å². The van der Waals surface area contributed by atoms with E-state index in [1.165, 1.54) is 75.3 Å². The number of hydrogen-bond acceptors (Lipinski definition) is 3. The second kappa shape index (κ2) is 12.4. The Bertz CT molecular complexity index is 1220. The predicted molar refractivity (Wildman–Crippen MR) is 159 cm³/mol. The van der Waals surface area contributed by atoms with Crippen LogP contribution in [0.25, 0.3) is 11.0 Å². The molecule has 6 heteroatoms. The molecule has 1 amide bonds. The molecule has 3 aliphatic rings. The van der Waals surface area contributed by atoms with E-state index in [0.29, 0.717) is 18.0 Å². The second-order valence-electron chi connectivity index (χ2n) is 12.1. The third-order valence-electron chi connectivity index (χ3n) is 9.48. The normalized spacial score (nSPS) is 20.4. The molecule has 208 valence electrons. The van der Waals surface area contributed by atoms with E-state index in [0.717, 1.165) is 55.4 Å². The average molecular weight is 547 g/mol. The van der Waals surface area contributed by atoms with Crippen LogP contribution in [0.15, 0.2) is 48.5 Å². The maximum absolute atomic E-state index is 14.0. The molecule has 5 nitrogen and oxygen atoms in total. The summed E-state index contributed by atoms with van der Waals surface area (Å²) in [6, 6.07) is 17.5. The number of rotatable bonds is 7. The van der Waals surface area contributed by atoms with Crippen molar-refractivity contribution in [3.8, 4) is 0 Å². The lowest BCUT2D eigenvalue weighted by Crippen LogP contribution is -2.52. The number of piperidine rings is 1. The van der Waals surface area contributed by atoms with Gasteiger partial charge in [0.1, 0.15) is 5.82 Å². The lowest BCUT2D eigenvalue weighted by atomic mass is 9.86. The number of amides is 1. The fourth-order valence-corrected chi connectivity index (χ4v) is 7.45. The number of carbonyl (C=O) groups excluding carboxylic acids is 1. The maximum atomic E-state index is 14.0. The van der Waals surface area contributed by atoms with Crippen molar-refractivity contribution in [3.05, 3.63) is 64.9 Å². The summed E-state index contributed by atoms with van der Waals surface area (Å²) in [5, 5.41) is 0.761. The Balaban J connectivity index is 1.14. The van der Waals surface area contributed by atoms with Crippen molar-refractivity contribution in [2.24, 2.45) is 5.92 Å². The zero-order valence-corrected chi connectivity index (χ0v) is 24.0. The van der Waals surface area contributed by atoms with E-state index in [2.05, 4.69) is 50.8 Å². The highest BCUT2D eigenvalue weighted by atomic mass is 35.5. The van der Waals surface area contributed by atoms with Crippen molar-refractivity contribution in [1.29, 1.82) is 0 Å². The minimum Gasteiger partial charge on any atom is -0.336 e. The topological polar surface area (TPSA) is 41.4 Å². The van der Waals surface area contributed by atoms with Crippen LogP contribution in [0.1, 0.15) is 88.4 Å². The zero-order chi connectivity index (χ0) is 26.6. The molecule has 2 aliphatic carbocycles. The van der Waals surface area contributed by atoms with Gasteiger partial charge in [0.2, 0.25) is 5.91 Å². The highest BCUT2D eigenvalue weighted by molar-refractivity contribution is 6.30. The molecule has 0 N–H and O–H groups in total. The van der Waals surface area contributed by atoms with Crippen LogP contribution in [0.2, 0.25) is 5.02 Å². The van der Waals surface area contributed by atoms with Gasteiger partial charge in [-0.3, -0.25) is 9.69 Å². The first-order valence-electron chi connectivity index (χ1n) is 15.4. The quantitative estimate of drug-likeness (QED) is 0.309. The molecule has 39 heavy (non-hydrogen) atoms. The monoisotopic (exact) mass is 546 g/mol. The van der Waals surface area contributed by atoms with Gasteiger partial charge >= 0.3 is 0 Å². The molecule has 2 aromatic carbocycles. The van der Waals surface area contributed by atoms with Crippen LogP contribution < -0.4 is 0 Å². The van der Waals surface area contributed by atoms with Gasteiger partial charge in [-0.1, -0.05) is 74.4 Å². The largest absolute Gasteiger partial charge is 0.336 e. The highest BCUT2D eigenvalue weighted by Crippen LogP contribution is 2.33. The highest BCUT2D eigenvalue weighted by Gasteiger charge is 2.37. The summed E-state index contributed by atoms with van der Waals surface area (Å²) < 4.78 is 2.35. The van der Waals surface area contributed by atoms with Crippen molar-refractivity contribution in [3.63, 3.8) is 0 Å². The van der Waals surface area contributed by atoms with Gasteiger partial charge in [-0.25, -0.2) is 4.98 Å². The first kappa shape index (κ1) is 26.8. The van der Waals surface area contributed by atoms with E-state index in [-0.39, 0.29) is 5.92 Å². The molecule has 0 unspecified atom stereocenters. The van der Waals surface area contributed by atoms with Gasteiger partial charge in [0, 0.05) is 29.6 Å². The molecule has 2 heterocycles. The number of halogens is 1. The summed E-state index contributed by atoms with van der Waals surface area (Å²) in [7, 11) is 0. The molecule has 3 fully saturated rings. The number of benzene rings is 2. The number of nitrogens with zero attached hydrogens (tertiary/aromatic N) is 4. The van der Waals surface area contributed by atoms with Crippen molar-refractivity contribution in [2.75, 3.05) is 13.1 Å². The van der Waals surface area contributed by atoms with E-state index in [9.17, 15) is 4.79 Å². The SMILES string of the molecule is O=C(C1CCN(Cc2nc3ccccc3n2Cc2ccc(Cl)cc2)CC1)N(C1CCCCC1)C1CCCCC1. The van der Waals surface area contributed by atoms with Crippen LogP contribution in [-0.4, -0.2) is 50.4 Å². The fraction of sp³-hybridized carbons (Fsp3) is 0.576. The van der Waals surface area contributed by atoms with Crippen LogP contribution in [0.3, 0.4) is 0 Å². The van der Waals surface area contributed by atoms with Crippen molar-refractivity contribution in [2.45, 2.75) is 102 Å². The van der Waals surface area contributed by atoms with Crippen molar-refractivity contribution in [1.82, 2.24) is 19.4 Å². The van der Waals surface area contributed by atoms with Gasteiger partial charge in [0.05, 0.1) is 17.6 Å². The third-order valence-corrected chi connectivity index (χ3v) is 9.73. The Morgan fingerprint density at radius 1 is 0.795 bits per heavy atom. The van der Waals surface area contributed by atoms with Gasteiger partial charge in [0.15, 0.2) is 0 Å². The first-order valence-corrected chi connectivity index (χ1v) is 15.8. The summed E-state index contributed by atoms with van der Waals surface area (Å²) in [4.78, 5) is 24.0. The number of hydrogen-bond donors (Lipinski definition) is 0. The molecule has 0 spiro atoms. The minimum absolute atomic E-state index is 0.179. The average Bonchev–Trinajstić information content (AvgIpc) is 3.32. The maximum Gasteiger partial charge on any atom is 0.226 e. The van der Waals surface area contributed by atoms with Crippen molar-refractivity contribution < 1.29 is 4.79 Å². The number of imidazole rings is 1. The molecule has 6 rings (SSSR count). The fourth-order valence-electron chi connectivity index (χ4n) is 7.32. The Labute approximate surface area is 238 Å². The molecule has 0 radical (unpaired) electrons. The van der Waals surface area contributed by atoms with Gasteiger partial charge in [0.25, 0.3) is 0 Å². The summed E-state index contributed by atoms with van der Waals surface area (Å²) in [5.74, 6) is 1.75. The van der Waals surface area contributed by atoms with Gasteiger partial charge in [-0.05, 0) is 81.4 Å². The van der Waals surface area contributed by atoms with Gasteiger partial charge in [-0.2, -0.15) is 0 Å².